The summed E-state index contributed by atoms with van der Waals surface area (Å²) < 4.78 is 11.4. The minimum absolute atomic E-state index is 0.0923. The van der Waals surface area contributed by atoms with Gasteiger partial charge in [-0.2, -0.15) is 0 Å². The lowest BCUT2D eigenvalue weighted by atomic mass is 10.2. The van der Waals surface area contributed by atoms with Crippen molar-refractivity contribution in [3.63, 3.8) is 0 Å². The van der Waals surface area contributed by atoms with Crippen molar-refractivity contribution in [2.24, 2.45) is 0 Å². The molecule has 1 aromatic rings. The van der Waals surface area contributed by atoms with E-state index in [-0.39, 0.29) is 6.10 Å². The summed E-state index contributed by atoms with van der Waals surface area (Å²) in [5.74, 6) is 0.704. The molecule has 114 valence electrons. The van der Waals surface area contributed by atoms with Crippen molar-refractivity contribution in [3.8, 4) is 5.19 Å². The molecule has 0 bridgehead atoms. The van der Waals surface area contributed by atoms with Crippen LogP contribution >= 0.6 is 23.1 Å². The molecule has 0 unspecified atom stereocenters. The molecule has 0 aliphatic rings. The summed E-state index contributed by atoms with van der Waals surface area (Å²) in [5.41, 5.74) is -0.473. The third-order valence-electron chi connectivity index (χ3n) is 1.72. The van der Waals surface area contributed by atoms with Gasteiger partial charge in [0.15, 0.2) is 4.34 Å². The molecule has 0 saturated carbocycles. The number of rotatable bonds is 6. The van der Waals surface area contributed by atoms with Crippen LogP contribution in [0.3, 0.4) is 0 Å². The first kappa shape index (κ1) is 17.0. The first-order chi connectivity index (χ1) is 9.26. The van der Waals surface area contributed by atoms with Crippen LogP contribution in [0.15, 0.2) is 4.34 Å². The highest BCUT2D eigenvalue weighted by Crippen LogP contribution is 2.27. The summed E-state index contributed by atoms with van der Waals surface area (Å²) in [6.07, 6.45) is -0.311. The van der Waals surface area contributed by atoms with Crippen molar-refractivity contribution in [2.75, 3.05) is 12.3 Å². The van der Waals surface area contributed by atoms with E-state index in [0.29, 0.717) is 17.5 Å². The van der Waals surface area contributed by atoms with Crippen LogP contribution in [-0.4, -0.2) is 40.3 Å². The lowest BCUT2D eigenvalue weighted by Crippen LogP contribution is -2.33. The highest BCUT2D eigenvalue weighted by Gasteiger charge is 2.15. The van der Waals surface area contributed by atoms with Gasteiger partial charge in [-0.05, 0) is 46.0 Å². The van der Waals surface area contributed by atoms with Crippen LogP contribution in [-0.2, 0) is 4.74 Å². The minimum atomic E-state index is -0.473. The highest BCUT2D eigenvalue weighted by atomic mass is 32.2. The van der Waals surface area contributed by atoms with Crippen LogP contribution in [0.2, 0.25) is 0 Å². The molecule has 0 aliphatic heterocycles. The maximum absolute atomic E-state index is 11.4. The van der Waals surface area contributed by atoms with Crippen molar-refractivity contribution in [1.82, 2.24) is 15.5 Å². The lowest BCUT2D eigenvalue weighted by molar-refractivity contribution is 0.0531. The smallest absolute Gasteiger partial charge is 0.407 e. The van der Waals surface area contributed by atoms with E-state index < -0.39 is 11.7 Å². The Labute approximate surface area is 127 Å². The average Bonchev–Trinajstić information content (AvgIpc) is 2.68. The zero-order valence-corrected chi connectivity index (χ0v) is 14.1. The molecule has 0 atom stereocenters. The van der Waals surface area contributed by atoms with Crippen LogP contribution < -0.4 is 10.1 Å². The van der Waals surface area contributed by atoms with Crippen molar-refractivity contribution in [1.29, 1.82) is 0 Å². The van der Waals surface area contributed by atoms with E-state index in [1.165, 1.54) is 23.1 Å². The average molecular weight is 319 g/mol. The van der Waals surface area contributed by atoms with E-state index in [1.807, 2.05) is 34.6 Å². The van der Waals surface area contributed by atoms with E-state index in [9.17, 15) is 4.79 Å². The summed E-state index contributed by atoms with van der Waals surface area (Å²) >= 11 is 2.93. The number of carbonyl (C=O) groups excluding carboxylic acids is 1. The molecule has 1 rings (SSSR count). The Morgan fingerprint density at radius 3 is 2.70 bits per heavy atom. The Kier molecular flexibility index (Phi) is 6.54. The first-order valence-electron chi connectivity index (χ1n) is 6.36. The fourth-order valence-corrected chi connectivity index (χ4v) is 2.84. The predicted octanol–water partition coefficient (Wildman–Crippen LogP) is 2.94. The Bertz CT molecular complexity index is 430. The van der Waals surface area contributed by atoms with Crippen LogP contribution in [0.5, 0.6) is 5.19 Å². The molecule has 20 heavy (non-hydrogen) atoms. The topological polar surface area (TPSA) is 73.3 Å². The number of nitrogens with zero attached hydrogens (tertiary/aromatic N) is 2. The summed E-state index contributed by atoms with van der Waals surface area (Å²) in [6, 6.07) is 0. The fraction of sp³-hybridized carbons (Fsp3) is 0.750. The normalized spacial score (nSPS) is 11.5. The maximum Gasteiger partial charge on any atom is 0.407 e. The van der Waals surface area contributed by atoms with Gasteiger partial charge >= 0.3 is 6.09 Å². The molecule has 1 N–H and O–H groups in total. The number of hydrogen-bond donors (Lipinski definition) is 1. The molecule has 6 nitrogen and oxygen atoms in total. The van der Waals surface area contributed by atoms with Crippen molar-refractivity contribution in [3.05, 3.63) is 0 Å². The predicted molar refractivity (Wildman–Crippen MR) is 80.6 cm³/mol. The number of amides is 1. The quantitative estimate of drug-likeness (QED) is 0.642. The van der Waals surface area contributed by atoms with Crippen LogP contribution in [0.25, 0.3) is 0 Å². The summed E-state index contributed by atoms with van der Waals surface area (Å²) in [4.78, 5) is 11.4. The van der Waals surface area contributed by atoms with Gasteiger partial charge in [-0.3, -0.25) is 0 Å². The van der Waals surface area contributed by atoms with E-state index in [4.69, 9.17) is 9.47 Å². The Balaban J connectivity index is 2.21. The largest absolute Gasteiger partial charge is 0.466 e. The Hall–Kier alpha value is -1.02. The molecular weight excluding hydrogens is 298 g/mol. The second-order valence-electron chi connectivity index (χ2n) is 5.28. The number of alkyl carbamates (subject to hydrolysis) is 1. The monoisotopic (exact) mass is 319 g/mol. The SMILES string of the molecule is CC(C)Oc1nnc(SCCNC(=O)OC(C)(C)C)s1. The zero-order chi connectivity index (χ0) is 15.2. The van der Waals surface area contributed by atoms with Gasteiger partial charge in [-0.25, -0.2) is 4.79 Å². The number of aromatic nitrogens is 2. The van der Waals surface area contributed by atoms with E-state index in [1.54, 1.807) is 0 Å². The maximum atomic E-state index is 11.4. The molecule has 0 spiro atoms. The third-order valence-corrected chi connectivity index (χ3v) is 3.67. The van der Waals surface area contributed by atoms with Gasteiger partial charge in [0.1, 0.15) is 5.60 Å². The van der Waals surface area contributed by atoms with Crippen LogP contribution in [0.1, 0.15) is 34.6 Å². The van der Waals surface area contributed by atoms with Gasteiger partial charge in [0.2, 0.25) is 0 Å². The molecule has 0 radical (unpaired) electrons. The number of hydrogen-bond acceptors (Lipinski definition) is 7. The summed E-state index contributed by atoms with van der Waals surface area (Å²) in [6.45, 7) is 9.90. The second-order valence-corrected chi connectivity index (χ2v) is 7.56. The van der Waals surface area contributed by atoms with Crippen molar-refractivity contribution >= 4 is 29.2 Å². The van der Waals surface area contributed by atoms with E-state index in [2.05, 4.69) is 15.5 Å². The molecule has 0 aromatic carbocycles. The van der Waals surface area contributed by atoms with Crippen molar-refractivity contribution in [2.45, 2.75) is 50.7 Å². The Morgan fingerprint density at radius 2 is 2.10 bits per heavy atom. The van der Waals surface area contributed by atoms with Gasteiger partial charge < -0.3 is 14.8 Å². The van der Waals surface area contributed by atoms with Gasteiger partial charge in [0.25, 0.3) is 5.19 Å². The van der Waals surface area contributed by atoms with Gasteiger partial charge in [-0.15, -0.1) is 5.10 Å². The number of nitrogens with one attached hydrogen (secondary N) is 1. The van der Waals surface area contributed by atoms with Crippen LogP contribution in [0.4, 0.5) is 4.79 Å². The van der Waals surface area contributed by atoms with Gasteiger partial charge in [0.05, 0.1) is 6.10 Å². The second kappa shape index (κ2) is 7.68. The third kappa shape index (κ3) is 7.54. The summed E-state index contributed by atoms with van der Waals surface area (Å²) in [5, 5.41) is 11.2. The molecule has 0 fully saturated rings. The highest BCUT2D eigenvalue weighted by molar-refractivity contribution is 8.01. The molecule has 1 amide bonds. The Morgan fingerprint density at radius 1 is 1.40 bits per heavy atom. The summed E-state index contributed by atoms with van der Waals surface area (Å²) in [7, 11) is 0. The molecule has 0 saturated heterocycles. The van der Waals surface area contributed by atoms with E-state index in [0.717, 1.165) is 4.34 Å². The molecular formula is C12H21N3O3S2. The number of thioether (sulfide) groups is 1. The first-order valence-corrected chi connectivity index (χ1v) is 8.16. The molecule has 8 heteroatoms. The van der Waals surface area contributed by atoms with Crippen LogP contribution in [0, 0.1) is 0 Å². The molecule has 0 aliphatic carbocycles. The molecule has 1 heterocycles. The zero-order valence-electron chi connectivity index (χ0n) is 12.4. The molecule has 1 aromatic heterocycles. The minimum Gasteiger partial charge on any atom is -0.466 e. The van der Waals surface area contributed by atoms with E-state index >= 15 is 0 Å². The van der Waals surface area contributed by atoms with Gasteiger partial charge in [0, 0.05) is 12.3 Å². The number of carbonyl (C=O) groups is 1. The standard InChI is InChI=1S/C12H21N3O3S2/c1-8(2)17-10-14-15-11(20-10)19-7-6-13-9(16)18-12(3,4)5/h8H,6-7H2,1-5H3,(H,13,16). The lowest BCUT2D eigenvalue weighted by Gasteiger charge is -2.19. The van der Waals surface area contributed by atoms with Gasteiger partial charge in [-0.1, -0.05) is 16.9 Å². The van der Waals surface area contributed by atoms with Crippen molar-refractivity contribution < 1.29 is 14.3 Å². The fourth-order valence-electron chi connectivity index (χ4n) is 1.11. The number of ether oxygens (including phenoxy) is 2.